The van der Waals surface area contributed by atoms with Crippen LogP contribution in [0.15, 0.2) is 24.9 Å². The number of H-pyrrole nitrogens is 1. The molecule has 6 heteroatoms. The first-order valence-electron chi connectivity index (χ1n) is 5.94. The summed E-state index contributed by atoms with van der Waals surface area (Å²) in [6.07, 6.45) is 5.96. The summed E-state index contributed by atoms with van der Waals surface area (Å²) in [4.78, 5) is 15.2. The van der Waals surface area contributed by atoms with E-state index in [1.165, 1.54) is 6.33 Å². The Hall–Kier alpha value is -2.11. The molecule has 0 unspecified atom stereocenters. The molecular weight excluding hydrogens is 230 g/mol. The molecule has 2 rings (SSSR count). The molecule has 6 nitrogen and oxygen atoms in total. The number of anilines is 1. The molecule has 0 aromatic carbocycles. The highest BCUT2D eigenvalue weighted by atomic mass is 16.5. The predicted molar refractivity (Wildman–Crippen MR) is 68.6 cm³/mol. The summed E-state index contributed by atoms with van der Waals surface area (Å²) < 4.78 is 5.50. The molecule has 0 spiro atoms. The molecule has 0 radical (unpaired) electrons. The van der Waals surface area contributed by atoms with Crippen LogP contribution in [0, 0.1) is 0 Å². The normalized spacial score (nSPS) is 10.6. The molecule has 96 valence electrons. The summed E-state index contributed by atoms with van der Waals surface area (Å²) in [6, 6.07) is 1.80. The largest absolute Gasteiger partial charge is 0.475 e. The van der Waals surface area contributed by atoms with Gasteiger partial charge in [0.2, 0.25) is 5.88 Å². The summed E-state index contributed by atoms with van der Waals surface area (Å²) in [6.45, 7) is 4.71. The van der Waals surface area contributed by atoms with Gasteiger partial charge < -0.3 is 15.0 Å². The first-order chi connectivity index (χ1) is 8.74. The molecule has 0 fully saturated rings. The smallest absolute Gasteiger partial charge is 0.218 e. The van der Waals surface area contributed by atoms with Crippen LogP contribution >= 0.6 is 0 Å². The van der Waals surface area contributed by atoms with Gasteiger partial charge in [-0.1, -0.05) is 0 Å². The lowest BCUT2D eigenvalue weighted by Crippen LogP contribution is -2.09. The van der Waals surface area contributed by atoms with Crippen molar-refractivity contribution in [2.24, 2.45) is 0 Å². The Morgan fingerprint density at radius 2 is 2.28 bits per heavy atom. The summed E-state index contributed by atoms with van der Waals surface area (Å²) in [5.41, 5.74) is 1.09. The molecule has 0 aliphatic carbocycles. The van der Waals surface area contributed by atoms with Gasteiger partial charge in [0.25, 0.3) is 0 Å². The van der Waals surface area contributed by atoms with E-state index in [0.717, 1.165) is 24.5 Å². The minimum Gasteiger partial charge on any atom is -0.475 e. The van der Waals surface area contributed by atoms with Crippen molar-refractivity contribution in [3.63, 3.8) is 0 Å². The number of nitrogens with zero attached hydrogens (tertiary/aromatic N) is 3. The molecule has 2 heterocycles. The lowest BCUT2D eigenvalue weighted by atomic mass is 10.3. The molecule has 2 aromatic rings. The molecule has 0 bridgehead atoms. The van der Waals surface area contributed by atoms with Crippen LogP contribution in [0.1, 0.15) is 19.5 Å². The highest BCUT2D eigenvalue weighted by Gasteiger charge is 2.02. The minimum atomic E-state index is 0.109. The van der Waals surface area contributed by atoms with Crippen LogP contribution < -0.4 is 10.1 Å². The zero-order chi connectivity index (χ0) is 12.8. The van der Waals surface area contributed by atoms with Gasteiger partial charge in [0.15, 0.2) is 0 Å². The molecule has 0 saturated carbocycles. The van der Waals surface area contributed by atoms with E-state index in [1.54, 1.807) is 12.4 Å². The third-order valence-electron chi connectivity index (χ3n) is 2.25. The van der Waals surface area contributed by atoms with Gasteiger partial charge >= 0.3 is 0 Å². The van der Waals surface area contributed by atoms with Gasteiger partial charge in [-0.2, -0.15) is 0 Å². The summed E-state index contributed by atoms with van der Waals surface area (Å²) in [7, 11) is 0. The van der Waals surface area contributed by atoms with E-state index in [-0.39, 0.29) is 6.10 Å². The number of hydrogen-bond donors (Lipinski definition) is 2. The van der Waals surface area contributed by atoms with Gasteiger partial charge in [0, 0.05) is 30.9 Å². The molecule has 0 aliphatic rings. The van der Waals surface area contributed by atoms with E-state index in [9.17, 15) is 0 Å². The molecule has 0 amide bonds. The van der Waals surface area contributed by atoms with Crippen molar-refractivity contribution in [3.05, 3.63) is 30.6 Å². The van der Waals surface area contributed by atoms with E-state index in [1.807, 2.05) is 20.0 Å². The Balaban J connectivity index is 1.85. The highest BCUT2D eigenvalue weighted by Crippen LogP contribution is 2.12. The van der Waals surface area contributed by atoms with Crippen LogP contribution in [-0.4, -0.2) is 32.6 Å². The maximum absolute atomic E-state index is 5.50. The standard InChI is InChI=1S/C12H17N5O/c1-9(2)18-12-5-11(16-8-17-12)14-4-3-10-6-13-7-15-10/h5-9H,3-4H2,1-2H3,(H,13,15)(H,14,16,17). The predicted octanol–water partition coefficient (Wildman–Crippen LogP) is 1.64. The van der Waals surface area contributed by atoms with E-state index in [0.29, 0.717) is 5.88 Å². The number of nitrogens with one attached hydrogen (secondary N) is 2. The van der Waals surface area contributed by atoms with Crippen LogP contribution in [0.2, 0.25) is 0 Å². The van der Waals surface area contributed by atoms with E-state index >= 15 is 0 Å². The van der Waals surface area contributed by atoms with Gasteiger partial charge in [0.05, 0.1) is 12.4 Å². The fourth-order valence-electron chi connectivity index (χ4n) is 1.49. The number of imidazole rings is 1. The molecule has 2 aromatic heterocycles. The van der Waals surface area contributed by atoms with Crippen LogP contribution in [0.3, 0.4) is 0 Å². The minimum absolute atomic E-state index is 0.109. The second-order valence-corrected chi connectivity index (χ2v) is 4.16. The second-order valence-electron chi connectivity index (χ2n) is 4.16. The molecule has 0 aliphatic heterocycles. The summed E-state index contributed by atoms with van der Waals surface area (Å²) in [5.74, 6) is 1.35. The van der Waals surface area contributed by atoms with Crippen LogP contribution in [-0.2, 0) is 6.42 Å². The zero-order valence-electron chi connectivity index (χ0n) is 10.6. The first kappa shape index (κ1) is 12.3. The zero-order valence-corrected chi connectivity index (χ0v) is 10.6. The van der Waals surface area contributed by atoms with Crippen molar-refractivity contribution >= 4 is 5.82 Å². The van der Waals surface area contributed by atoms with Gasteiger partial charge in [0.1, 0.15) is 12.1 Å². The van der Waals surface area contributed by atoms with E-state index < -0.39 is 0 Å². The van der Waals surface area contributed by atoms with Crippen molar-refractivity contribution in [3.8, 4) is 5.88 Å². The number of rotatable bonds is 6. The summed E-state index contributed by atoms with van der Waals surface area (Å²) in [5, 5.41) is 3.22. The highest BCUT2D eigenvalue weighted by molar-refractivity contribution is 5.37. The maximum atomic E-state index is 5.50. The third-order valence-corrected chi connectivity index (χ3v) is 2.25. The van der Waals surface area contributed by atoms with Crippen molar-refractivity contribution in [1.29, 1.82) is 0 Å². The first-order valence-corrected chi connectivity index (χ1v) is 5.94. The molecule has 0 saturated heterocycles. The fourth-order valence-corrected chi connectivity index (χ4v) is 1.49. The monoisotopic (exact) mass is 247 g/mol. The molecule has 0 atom stereocenters. The molecule has 18 heavy (non-hydrogen) atoms. The average Bonchev–Trinajstić information content (AvgIpc) is 2.82. The number of aromatic nitrogens is 4. The van der Waals surface area contributed by atoms with Gasteiger partial charge in [-0.15, -0.1) is 0 Å². The Bertz CT molecular complexity index is 469. The lowest BCUT2D eigenvalue weighted by Gasteiger charge is -2.09. The van der Waals surface area contributed by atoms with E-state index in [2.05, 4.69) is 25.3 Å². The van der Waals surface area contributed by atoms with Crippen molar-refractivity contribution in [2.45, 2.75) is 26.4 Å². The van der Waals surface area contributed by atoms with Crippen LogP contribution in [0.5, 0.6) is 5.88 Å². The Morgan fingerprint density at radius 3 is 3.00 bits per heavy atom. The van der Waals surface area contributed by atoms with Crippen LogP contribution in [0.25, 0.3) is 0 Å². The molecular formula is C12H17N5O. The van der Waals surface area contributed by atoms with Gasteiger partial charge in [-0.25, -0.2) is 15.0 Å². The van der Waals surface area contributed by atoms with Gasteiger partial charge in [-0.05, 0) is 13.8 Å². The second kappa shape index (κ2) is 6.00. The Kier molecular flexibility index (Phi) is 4.11. The maximum Gasteiger partial charge on any atom is 0.218 e. The van der Waals surface area contributed by atoms with Crippen LogP contribution in [0.4, 0.5) is 5.82 Å². The number of hydrogen-bond acceptors (Lipinski definition) is 5. The third kappa shape index (κ3) is 3.73. The topological polar surface area (TPSA) is 75.7 Å². The van der Waals surface area contributed by atoms with E-state index in [4.69, 9.17) is 4.74 Å². The van der Waals surface area contributed by atoms with Crippen molar-refractivity contribution in [2.75, 3.05) is 11.9 Å². The number of ether oxygens (including phenoxy) is 1. The van der Waals surface area contributed by atoms with Crippen molar-refractivity contribution in [1.82, 2.24) is 19.9 Å². The lowest BCUT2D eigenvalue weighted by molar-refractivity contribution is 0.232. The molecule has 2 N–H and O–H groups in total. The summed E-state index contributed by atoms with van der Waals surface area (Å²) >= 11 is 0. The fraction of sp³-hybridized carbons (Fsp3) is 0.417. The quantitative estimate of drug-likeness (QED) is 0.811. The Morgan fingerprint density at radius 1 is 1.39 bits per heavy atom. The van der Waals surface area contributed by atoms with Gasteiger partial charge in [-0.3, -0.25) is 0 Å². The average molecular weight is 247 g/mol. The SMILES string of the molecule is CC(C)Oc1cc(NCCc2cnc[nH]2)ncn1. The Labute approximate surface area is 106 Å². The number of aromatic amines is 1. The van der Waals surface area contributed by atoms with Crippen molar-refractivity contribution < 1.29 is 4.74 Å².